The van der Waals surface area contributed by atoms with E-state index >= 15 is 0 Å². The topological polar surface area (TPSA) is 34.1 Å². The van der Waals surface area contributed by atoms with Crippen molar-refractivity contribution in [2.75, 3.05) is 6.54 Å². The summed E-state index contributed by atoms with van der Waals surface area (Å²) < 4.78 is 5.60. The number of rotatable bonds is 6. The highest BCUT2D eigenvalue weighted by Gasteiger charge is 2.06. The molecule has 5 heteroatoms. The molecule has 1 rings (SSSR count). The second kappa shape index (κ2) is 7.54. The lowest BCUT2D eigenvalue weighted by molar-refractivity contribution is 0.229. The Labute approximate surface area is 112 Å². The molecule has 0 bridgehead atoms. The number of hydrogen-bond donors (Lipinski definition) is 1. The second-order valence-corrected chi connectivity index (χ2v) is 4.50. The predicted octanol–water partition coefficient (Wildman–Crippen LogP) is 3.28. The van der Waals surface area contributed by atoms with E-state index in [1.165, 1.54) is 5.54 Å². The van der Waals surface area contributed by atoms with Crippen LogP contribution in [0.15, 0.2) is 28.9 Å². The molecule has 0 radical (unpaired) electrons. The zero-order chi connectivity index (χ0) is 12.7. The van der Waals surface area contributed by atoms with E-state index in [9.17, 15) is 0 Å². The number of ether oxygens (including phenoxy) is 1. The Kier molecular flexibility index (Phi) is 6.34. The highest BCUT2D eigenvalue weighted by molar-refractivity contribution is 6.36. The Morgan fingerprint density at radius 1 is 1.59 bits per heavy atom. The first-order chi connectivity index (χ1) is 8.13. The van der Waals surface area contributed by atoms with Crippen LogP contribution in [0.2, 0.25) is 0 Å². The first-order valence-electron chi connectivity index (χ1n) is 5.39. The zero-order valence-corrected chi connectivity index (χ0v) is 11.4. The predicted molar refractivity (Wildman–Crippen MR) is 71.5 cm³/mol. The van der Waals surface area contributed by atoms with Gasteiger partial charge >= 0.3 is 0 Å². The average Bonchev–Trinajstić information content (AvgIpc) is 2.30. The maximum atomic E-state index is 5.78. The Morgan fingerprint density at radius 3 is 3.00 bits per heavy atom. The van der Waals surface area contributed by atoms with Gasteiger partial charge in [0.1, 0.15) is 0 Å². The highest BCUT2D eigenvalue weighted by Crippen LogP contribution is 2.15. The largest absolute Gasteiger partial charge is 0.475 e. The smallest absolute Gasteiger partial charge is 0.218 e. The first kappa shape index (κ1) is 14.3. The van der Waals surface area contributed by atoms with E-state index in [4.69, 9.17) is 27.9 Å². The van der Waals surface area contributed by atoms with Crippen molar-refractivity contribution in [2.24, 2.45) is 0 Å². The van der Waals surface area contributed by atoms with Crippen molar-refractivity contribution in [2.45, 2.75) is 26.5 Å². The normalized spacial score (nSPS) is 11.9. The van der Waals surface area contributed by atoms with Crippen LogP contribution < -0.4 is 10.1 Å². The van der Waals surface area contributed by atoms with E-state index in [0.717, 1.165) is 5.56 Å². The highest BCUT2D eigenvalue weighted by atomic mass is 35.5. The van der Waals surface area contributed by atoms with E-state index in [1.54, 1.807) is 6.20 Å². The van der Waals surface area contributed by atoms with Gasteiger partial charge in [0.2, 0.25) is 5.88 Å². The van der Waals surface area contributed by atoms with Crippen LogP contribution in [0.4, 0.5) is 0 Å². The summed E-state index contributed by atoms with van der Waals surface area (Å²) in [6, 6.07) is 3.85. The molecule has 0 saturated heterocycles. The van der Waals surface area contributed by atoms with Crippen LogP contribution in [0.3, 0.4) is 0 Å². The van der Waals surface area contributed by atoms with Crippen LogP contribution in [0.25, 0.3) is 0 Å². The van der Waals surface area contributed by atoms with Gasteiger partial charge < -0.3 is 10.1 Å². The molecule has 0 aliphatic heterocycles. The molecule has 0 unspecified atom stereocenters. The molecule has 1 aromatic rings. The lowest BCUT2D eigenvalue weighted by Gasteiger charge is -2.13. The lowest BCUT2D eigenvalue weighted by atomic mass is 10.2. The molecule has 94 valence electrons. The number of nitrogens with zero attached hydrogens (tertiary/aromatic N) is 1. The lowest BCUT2D eigenvalue weighted by Crippen LogP contribution is -2.17. The summed E-state index contributed by atoms with van der Waals surface area (Å²) in [7, 11) is 0. The van der Waals surface area contributed by atoms with Crippen molar-refractivity contribution in [1.82, 2.24) is 10.3 Å². The van der Waals surface area contributed by atoms with Gasteiger partial charge in [-0.05, 0) is 19.9 Å². The number of hydrogen-bond acceptors (Lipinski definition) is 3. The summed E-state index contributed by atoms with van der Waals surface area (Å²) >= 11 is 11.2. The standard InChI is InChI=1S/C12H16Cl2N2O/c1-9(2)17-12-10(4-3-5-16-12)7-15-8-11(14)6-13/h3-6,9,15H,7-8H2,1-2H3. The van der Waals surface area contributed by atoms with Crippen LogP contribution in [-0.4, -0.2) is 17.6 Å². The monoisotopic (exact) mass is 274 g/mol. The molecule has 3 nitrogen and oxygen atoms in total. The van der Waals surface area contributed by atoms with Gasteiger partial charge in [-0.1, -0.05) is 29.3 Å². The van der Waals surface area contributed by atoms with Gasteiger partial charge in [0.15, 0.2) is 0 Å². The summed E-state index contributed by atoms with van der Waals surface area (Å²) in [5.41, 5.74) is 2.35. The Hall–Kier alpha value is -0.770. The third-order valence-corrected chi connectivity index (χ3v) is 2.54. The van der Waals surface area contributed by atoms with Crippen molar-refractivity contribution in [1.29, 1.82) is 0 Å². The van der Waals surface area contributed by atoms with E-state index < -0.39 is 0 Å². The van der Waals surface area contributed by atoms with E-state index in [1.807, 2.05) is 26.0 Å². The van der Waals surface area contributed by atoms with Crippen molar-refractivity contribution in [3.63, 3.8) is 0 Å². The van der Waals surface area contributed by atoms with Crippen molar-refractivity contribution in [3.8, 4) is 5.88 Å². The summed E-state index contributed by atoms with van der Waals surface area (Å²) in [6.07, 6.45) is 1.82. The molecule has 0 spiro atoms. The van der Waals surface area contributed by atoms with Crippen LogP contribution >= 0.6 is 23.2 Å². The molecule has 0 aliphatic carbocycles. The van der Waals surface area contributed by atoms with Gasteiger partial charge in [-0.3, -0.25) is 0 Å². The quantitative estimate of drug-likeness (QED) is 0.865. The molecule has 0 amide bonds. The van der Waals surface area contributed by atoms with Crippen LogP contribution in [0.1, 0.15) is 19.4 Å². The summed E-state index contributed by atoms with van der Waals surface area (Å²) in [5.74, 6) is 0.654. The number of pyridine rings is 1. The summed E-state index contributed by atoms with van der Waals surface area (Å²) in [5, 5.41) is 3.73. The Morgan fingerprint density at radius 2 is 2.35 bits per heavy atom. The second-order valence-electron chi connectivity index (χ2n) is 3.79. The van der Waals surface area contributed by atoms with Gasteiger partial charge in [-0.15, -0.1) is 0 Å². The van der Waals surface area contributed by atoms with Crippen LogP contribution in [0.5, 0.6) is 5.88 Å². The fourth-order valence-corrected chi connectivity index (χ4v) is 1.41. The van der Waals surface area contributed by atoms with Crippen LogP contribution in [-0.2, 0) is 6.54 Å². The van der Waals surface area contributed by atoms with E-state index in [0.29, 0.717) is 24.0 Å². The Balaban J connectivity index is 2.57. The van der Waals surface area contributed by atoms with E-state index in [-0.39, 0.29) is 6.10 Å². The third kappa shape index (κ3) is 5.39. The number of nitrogens with one attached hydrogen (secondary N) is 1. The minimum Gasteiger partial charge on any atom is -0.475 e. The first-order valence-corrected chi connectivity index (χ1v) is 6.21. The van der Waals surface area contributed by atoms with Gasteiger partial charge in [-0.25, -0.2) is 4.98 Å². The molecule has 17 heavy (non-hydrogen) atoms. The van der Waals surface area contributed by atoms with E-state index in [2.05, 4.69) is 10.3 Å². The maximum Gasteiger partial charge on any atom is 0.218 e. The molecule has 1 aromatic heterocycles. The molecule has 0 fully saturated rings. The molecular weight excluding hydrogens is 259 g/mol. The van der Waals surface area contributed by atoms with Crippen LogP contribution in [0, 0.1) is 0 Å². The average molecular weight is 275 g/mol. The SMILES string of the molecule is CC(C)Oc1ncccc1CNCC(Cl)=CCl. The molecular formula is C12H16Cl2N2O. The molecule has 0 saturated carbocycles. The maximum absolute atomic E-state index is 5.78. The minimum atomic E-state index is 0.106. The van der Waals surface area contributed by atoms with Gasteiger partial charge in [0.05, 0.1) is 6.10 Å². The fraction of sp³-hybridized carbons (Fsp3) is 0.417. The van der Waals surface area contributed by atoms with Gasteiger partial charge in [0.25, 0.3) is 0 Å². The Bertz CT molecular complexity index is 381. The zero-order valence-electron chi connectivity index (χ0n) is 9.91. The number of aromatic nitrogens is 1. The summed E-state index contributed by atoms with van der Waals surface area (Å²) in [6.45, 7) is 5.11. The van der Waals surface area contributed by atoms with Crippen molar-refractivity contribution < 1.29 is 4.74 Å². The van der Waals surface area contributed by atoms with Crippen molar-refractivity contribution >= 4 is 23.2 Å². The molecule has 1 N–H and O–H groups in total. The molecule has 1 heterocycles. The van der Waals surface area contributed by atoms with Gasteiger partial charge in [0, 0.05) is 35.4 Å². The van der Waals surface area contributed by atoms with Gasteiger partial charge in [-0.2, -0.15) is 0 Å². The minimum absolute atomic E-state index is 0.106. The molecule has 0 aromatic carbocycles. The molecule has 0 atom stereocenters. The molecule has 0 aliphatic rings. The van der Waals surface area contributed by atoms with Crippen molar-refractivity contribution in [3.05, 3.63) is 34.5 Å². The fourth-order valence-electron chi connectivity index (χ4n) is 1.24. The number of halogens is 2. The summed E-state index contributed by atoms with van der Waals surface area (Å²) in [4.78, 5) is 4.20. The third-order valence-electron chi connectivity index (χ3n) is 1.93.